The van der Waals surface area contributed by atoms with E-state index in [0.717, 1.165) is 0 Å². The first-order valence-corrected chi connectivity index (χ1v) is 7.34. The molecule has 3 aromatic rings. The van der Waals surface area contributed by atoms with E-state index in [9.17, 15) is 0 Å². The first kappa shape index (κ1) is 7.10. The van der Waals surface area contributed by atoms with Crippen molar-refractivity contribution in [1.82, 2.24) is 9.97 Å². The standard InChI is InChI=1S/C22H18N6/c1-15-12-18(4-3-10-23)13-16(2)21(15)27-20-9-11-25-22(28-20)26-19-7-5-17(14-24)6-8-19/h3-9,11-13H,1-2H3,(H2,25,26,27,28)/b4-3+/i1D3,2D3,3D,4D,5D,6D,7D,8D,9D,11D,12D,13D. The van der Waals surface area contributed by atoms with Crippen LogP contribution in [0, 0.1) is 36.4 Å². The molecule has 0 atom stereocenters. The van der Waals surface area contributed by atoms with E-state index in [1.165, 1.54) is 6.07 Å². The molecule has 136 valence electrons. The zero-order valence-corrected chi connectivity index (χ0v) is 13.8. The summed E-state index contributed by atoms with van der Waals surface area (Å²) >= 11 is 0. The maximum atomic E-state index is 9.16. The number of nitriles is 2. The van der Waals surface area contributed by atoms with Crippen molar-refractivity contribution in [3.8, 4) is 12.1 Å². The third kappa shape index (κ3) is 4.51. The third-order valence-corrected chi connectivity index (χ3v) is 3.01. The van der Waals surface area contributed by atoms with Gasteiger partial charge < -0.3 is 10.6 Å². The highest BCUT2D eigenvalue weighted by Gasteiger charge is 2.07. The molecule has 6 heteroatoms. The molecule has 0 aliphatic heterocycles. The molecule has 0 spiro atoms. The Balaban J connectivity index is 2.38. The number of nitrogens with zero attached hydrogens (tertiary/aromatic N) is 4. The van der Waals surface area contributed by atoms with Gasteiger partial charge in [0.15, 0.2) is 0 Å². The van der Waals surface area contributed by atoms with E-state index in [0.29, 0.717) is 0 Å². The van der Waals surface area contributed by atoms with E-state index < -0.39 is 120 Å². The predicted molar refractivity (Wildman–Crippen MR) is 110 cm³/mol. The average molecular weight is 383 g/mol. The fourth-order valence-corrected chi connectivity index (χ4v) is 1.88. The zero-order chi connectivity index (χ0) is 33.6. The Morgan fingerprint density at radius 2 is 1.86 bits per heavy atom. The number of rotatable bonds is 5. The van der Waals surface area contributed by atoms with E-state index in [1.807, 2.05) is 0 Å². The summed E-state index contributed by atoms with van der Waals surface area (Å²) in [6, 6.07) is -5.12. The van der Waals surface area contributed by atoms with E-state index in [4.69, 9.17) is 32.5 Å². The van der Waals surface area contributed by atoms with Gasteiger partial charge in [-0.05, 0) is 78.7 Å². The van der Waals surface area contributed by atoms with Crippen LogP contribution in [0.4, 0.5) is 23.1 Å². The van der Waals surface area contributed by atoms with Crippen molar-refractivity contribution in [1.29, 1.82) is 10.5 Å². The Kier molecular flexibility index (Phi) is 2.15. The van der Waals surface area contributed by atoms with Crippen molar-refractivity contribution in [2.24, 2.45) is 0 Å². The van der Waals surface area contributed by atoms with E-state index in [-0.39, 0.29) is 0 Å². The summed E-state index contributed by atoms with van der Waals surface area (Å²) in [5.74, 6) is -1.37. The highest BCUT2D eigenvalue weighted by atomic mass is 15.1. The average Bonchev–Trinajstić information content (AvgIpc) is 2.90. The number of allylic oxidation sites excluding steroid dienone is 1. The van der Waals surface area contributed by atoms with Crippen molar-refractivity contribution >= 4 is 29.2 Å². The number of hydrogen-bond acceptors (Lipinski definition) is 6. The fourth-order valence-electron chi connectivity index (χ4n) is 1.88. The van der Waals surface area contributed by atoms with Gasteiger partial charge in [0.25, 0.3) is 0 Å². The summed E-state index contributed by atoms with van der Waals surface area (Å²) in [6.07, 6.45) is -0.849. The van der Waals surface area contributed by atoms with Crippen molar-refractivity contribution in [2.75, 3.05) is 10.6 Å². The molecule has 0 amide bonds. The molecule has 28 heavy (non-hydrogen) atoms. The quantitative estimate of drug-likeness (QED) is 0.603. The van der Waals surface area contributed by atoms with Crippen LogP contribution < -0.4 is 10.6 Å². The Hall–Kier alpha value is -4.16. The van der Waals surface area contributed by atoms with Gasteiger partial charge in [0, 0.05) is 31.8 Å². The van der Waals surface area contributed by atoms with Gasteiger partial charge in [0.05, 0.1) is 31.4 Å². The molecule has 0 bridgehead atoms. The number of hydrogen-bond donors (Lipinski definition) is 2. The smallest absolute Gasteiger partial charge is 0.229 e. The molecule has 0 aliphatic rings. The minimum absolute atomic E-state index is 0.530. The van der Waals surface area contributed by atoms with Crippen LogP contribution in [0.1, 0.15) is 44.2 Å². The Morgan fingerprint density at radius 1 is 1.11 bits per heavy atom. The lowest BCUT2D eigenvalue weighted by molar-refractivity contribution is 1.16. The second-order valence-electron chi connectivity index (χ2n) is 4.86. The van der Waals surface area contributed by atoms with Gasteiger partial charge >= 0.3 is 0 Å². The second kappa shape index (κ2) is 8.48. The van der Waals surface area contributed by atoms with Gasteiger partial charge in [-0.15, -0.1) is 0 Å². The van der Waals surface area contributed by atoms with E-state index in [1.54, 1.807) is 6.07 Å². The summed E-state index contributed by atoms with van der Waals surface area (Å²) < 4.78 is 129. The molecule has 0 radical (unpaired) electrons. The SMILES string of the molecule is [2H]/C(C#N)=C(/[2H])c1c([2H])c(C([2H])([2H])[2H])c(Nc2nc(Nc3c([2H])c([2H])c(C#N)c([2H])c3[2H])nc([2H])c2[2H])c(C([2H])([2H])[2H])c1[2H]. The maximum absolute atomic E-state index is 9.16. The van der Waals surface area contributed by atoms with Crippen molar-refractivity contribution in [2.45, 2.75) is 13.7 Å². The summed E-state index contributed by atoms with van der Waals surface area (Å²) in [6.45, 7) is -6.62. The lowest BCUT2D eigenvalue weighted by atomic mass is 10.0. The van der Waals surface area contributed by atoms with Crippen molar-refractivity contribution in [3.63, 3.8) is 0 Å². The van der Waals surface area contributed by atoms with Crippen molar-refractivity contribution < 1.29 is 21.9 Å². The molecule has 1 aromatic heterocycles. The molecular formula is C22H18N6. The highest BCUT2D eigenvalue weighted by Crippen LogP contribution is 2.26. The number of anilines is 4. The molecule has 2 aromatic carbocycles. The van der Waals surface area contributed by atoms with Crippen LogP contribution in [-0.2, 0) is 0 Å². The third-order valence-electron chi connectivity index (χ3n) is 3.01. The number of aromatic nitrogens is 2. The Bertz CT molecular complexity index is 1740. The summed E-state index contributed by atoms with van der Waals surface area (Å²) in [7, 11) is 0. The van der Waals surface area contributed by atoms with Gasteiger partial charge in [0.1, 0.15) is 5.82 Å². The summed E-state index contributed by atoms with van der Waals surface area (Å²) in [4.78, 5) is 7.59. The molecule has 6 nitrogen and oxygen atoms in total. The van der Waals surface area contributed by atoms with Crippen molar-refractivity contribution in [3.05, 3.63) is 76.8 Å². The molecule has 0 unspecified atom stereocenters. The topological polar surface area (TPSA) is 97.4 Å². The van der Waals surface area contributed by atoms with Gasteiger partial charge in [-0.2, -0.15) is 15.5 Å². The van der Waals surface area contributed by atoms with Crippen LogP contribution in [0.2, 0.25) is 0 Å². The number of benzene rings is 2. The molecule has 2 N–H and O–H groups in total. The minimum atomic E-state index is -3.31. The number of nitrogens with one attached hydrogen (secondary N) is 2. The van der Waals surface area contributed by atoms with Crippen LogP contribution in [0.15, 0.2) is 54.5 Å². The van der Waals surface area contributed by atoms with Crippen LogP contribution in [0.3, 0.4) is 0 Å². The van der Waals surface area contributed by atoms with Crippen LogP contribution in [-0.4, -0.2) is 9.97 Å². The first-order valence-electron chi connectivity index (χ1n) is 15.3. The van der Waals surface area contributed by atoms with Gasteiger partial charge in [-0.3, -0.25) is 0 Å². The predicted octanol–water partition coefficient (Wildman–Crippen LogP) is 4.99. The van der Waals surface area contributed by atoms with Gasteiger partial charge in [-0.25, -0.2) is 4.98 Å². The molecule has 0 saturated carbocycles. The molecule has 3 rings (SSSR count). The summed E-state index contributed by atoms with van der Waals surface area (Å²) in [5, 5.41) is 22.9. The monoisotopic (exact) mass is 382 g/mol. The Labute approximate surface area is 186 Å². The highest BCUT2D eigenvalue weighted by molar-refractivity contribution is 5.69. The lowest BCUT2D eigenvalue weighted by Gasteiger charge is -2.14. The maximum Gasteiger partial charge on any atom is 0.229 e. The molecule has 1 heterocycles. The largest absolute Gasteiger partial charge is 0.340 e. The van der Waals surface area contributed by atoms with Crippen LogP contribution in [0.25, 0.3) is 6.05 Å². The van der Waals surface area contributed by atoms with Gasteiger partial charge in [-0.1, -0.05) is 0 Å². The second-order valence-corrected chi connectivity index (χ2v) is 4.86. The first-order chi connectivity index (χ1) is 20.2. The van der Waals surface area contributed by atoms with E-state index >= 15 is 0 Å². The minimum Gasteiger partial charge on any atom is -0.340 e. The lowest BCUT2D eigenvalue weighted by Crippen LogP contribution is -2.02. The fraction of sp³-hybridized carbons (Fsp3) is 0.0909. The normalized spacial score (nSPS) is 20.1. The Morgan fingerprint density at radius 3 is 2.50 bits per heavy atom. The molecule has 0 saturated heterocycles. The van der Waals surface area contributed by atoms with Gasteiger partial charge in [0.2, 0.25) is 5.95 Å². The molecule has 0 fully saturated rings. The molecule has 0 aliphatic carbocycles. The molecular weight excluding hydrogens is 348 g/mol. The zero-order valence-electron chi connectivity index (χ0n) is 29.8. The van der Waals surface area contributed by atoms with Crippen LogP contribution >= 0.6 is 0 Å². The summed E-state index contributed by atoms with van der Waals surface area (Å²) in [5.41, 5.74) is -5.03. The van der Waals surface area contributed by atoms with E-state index in [2.05, 4.69) is 20.6 Å². The van der Waals surface area contributed by atoms with Crippen LogP contribution in [0.5, 0.6) is 0 Å².